The van der Waals surface area contributed by atoms with E-state index in [1.165, 1.54) is 0 Å². The van der Waals surface area contributed by atoms with Crippen molar-refractivity contribution in [2.24, 2.45) is 0 Å². The topological polar surface area (TPSA) is 28.7 Å². The maximum absolute atomic E-state index is 9.17. The van der Waals surface area contributed by atoms with Gasteiger partial charge in [-0.2, -0.15) is 5.26 Å². The van der Waals surface area contributed by atoms with E-state index in [0.29, 0.717) is 22.3 Å². The zero-order valence-electron chi connectivity index (χ0n) is 10.2. The van der Waals surface area contributed by atoms with Crippen LogP contribution in [0.2, 0.25) is 10.0 Å². The van der Waals surface area contributed by atoms with E-state index >= 15 is 0 Å². The fourth-order valence-corrected chi connectivity index (χ4v) is 2.34. The van der Waals surface area contributed by atoms with E-state index in [1.807, 2.05) is 36.6 Å². The second-order valence-corrected chi connectivity index (χ2v) is 5.08. The lowest BCUT2D eigenvalue weighted by Crippen LogP contribution is -2.04. The molecule has 0 saturated heterocycles. The summed E-state index contributed by atoms with van der Waals surface area (Å²) in [5.41, 5.74) is 3.78. The van der Waals surface area contributed by atoms with Gasteiger partial charge in [-0.15, -0.1) is 0 Å². The Morgan fingerprint density at radius 1 is 1.17 bits per heavy atom. The highest BCUT2D eigenvalue weighted by molar-refractivity contribution is 6.42. The molecule has 1 aromatic carbocycles. The van der Waals surface area contributed by atoms with Crippen LogP contribution in [0.15, 0.2) is 24.3 Å². The zero-order valence-corrected chi connectivity index (χ0v) is 11.7. The van der Waals surface area contributed by atoms with E-state index in [0.717, 1.165) is 16.8 Å². The van der Waals surface area contributed by atoms with Crippen LogP contribution in [0.25, 0.3) is 0 Å². The molecule has 0 saturated carbocycles. The molecule has 0 radical (unpaired) electrons. The van der Waals surface area contributed by atoms with E-state index in [-0.39, 0.29) is 0 Å². The van der Waals surface area contributed by atoms with Crippen molar-refractivity contribution in [2.45, 2.75) is 20.4 Å². The number of benzene rings is 1. The van der Waals surface area contributed by atoms with Gasteiger partial charge in [0, 0.05) is 12.2 Å². The molecule has 1 aromatic heterocycles. The molecule has 2 aromatic rings. The molecule has 0 fully saturated rings. The second kappa shape index (κ2) is 5.06. The van der Waals surface area contributed by atoms with Crippen LogP contribution in [-0.2, 0) is 6.54 Å². The molecule has 0 aliphatic carbocycles. The molecule has 0 aliphatic heterocycles. The van der Waals surface area contributed by atoms with Crippen LogP contribution in [0.4, 0.5) is 0 Å². The van der Waals surface area contributed by atoms with Gasteiger partial charge in [0.05, 0.1) is 10.0 Å². The Balaban J connectivity index is 2.40. The van der Waals surface area contributed by atoms with Gasteiger partial charge in [0.2, 0.25) is 0 Å². The third kappa shape index (κ3) is 2.38. The summed E-state index contributed by atoms with van der Waals surface area (Å²) in [5.74, 6) is 0. The number of nitriles is 1. The summed E-state index contributed by atoms with van der Waals surface area (Å²) in [5, 5.41) is 10.3. The summed E-state index contributed by atoms with van der Waals surface area (Å²) in [4.78, 5) is 0. The Morgan fingerprint density at radius 3 is 2.50 bits per heavy atom. The Hall–Kier alpha value is -1.43. The largest absolute Gasteiger partial charge is 0.332 e. The number of hydrogen-bond donors (Lipinski definition) is 0. The maximum Gasteiger partial charge on any atom is 0.123 e. The lowest BCUT2D eigenvalue weighted by molar-refractivity contribution is 0.763. The number of nitrogens with zero attached hydrogens (tertiary/aromatic N) is 2. The number of halogens is 2. The van der Waals surface area contributed by atoms with Crippen LogP contribution in [0.1, 0.15) is 22.5 Å². The molecule has 0 bridgehead atoms. The van der Waals surface area contributed by atoms with Gasteiger partial charge in [-0.3, -0.25) is 0 Å². The molecule has 0 unspecified atom stereocenters. The Bertz CT molecular complexity index is 636. The fourth-order valence-electron chi connectivity index (χ4n) is 2.02. The van der Waals surface area contributed by atoms with E-state index in [4.69, 9.17) is 23.2 Å². The average Bonchev–Trinajstić information content (AvgIpc) is 2.58. The molecular weight excluding hydrogens is 267 g/mol. The first-order valence-electron chi connectivity index (χ1n) is 5.53. The van der Waals surface area contributed by atoms with E-state index in [9.17, 15) is 5.26 Å². The van der Waals surface area contributed by atoms with Gasteiger partial charge in [-0.25, -0.2) is 0 Å². The first-order chi connectivity index (χ1) is 8.52. The predicted molar refractivity (Wildman–Crippen MR) is 74.2 cm³/mol. The summed E-state index contributed by atoms with van der Waals surface area (Å²) in [6.45, 7) is 4.56. The van der Waals surface area contributed by atoms with Crippen LogP contribution in [0.3, 0.4) is 0 Å². The minimum absolute atomic E-state index is 0.536. The van der Waals surface area contributed by atoms with Gasteiger partial charge < -0.3 is 4.57 Å². The van der Waals surface area contributed by atoms with Gasteiger partial charge in [0.25, 0.3) is 0 Å². The molecule has 0 spiro atoms. The highest BCUT2D eigenvalue weighted by atomic mass is 35.5. The maximum atomic E-state index is 9.17. The summed E-state index contributed by atoms with van der Waals surface area (Å²) < 4.78 is 1.98. The molecule has 4 heteroatoms. The number of aryl methyl sites for hydroxylation is 2. The van der Waals surface area contributed by atoms with Gasteiger partial charge in [-0.1, -0.05) is 29.3 Å². The monoisotopic (exact) mass is 278 g/mol. The number of hydrogen-bond acceptors (Lipinski definition) is 1. The third-order valence-corrected chi connectivity index (χ3v) is 3.66. The van der Waals surface area contributed by atoms with Crippen LogP contribution in [0.5, 0.6) is 0 Å². The molecule has 2 nitrogen and oxygen atoms in total. The lowest BCUT2D eigenvalue weighted by Gasteiger charge is -2.09. The SMILES string of the molecule is Cc1cc(C)n(Cc2ccc(Cl)c(Cl)c2)c1C#N. The van der Waals surface area contributed by atoms with Crippen molar-refractivity contribution in [1.82, 2.24) is 4.57 Å². The molecule has 0 N–H and O–H groups in total. The lowest BCUT2D eigenvalue weighted by atomic mass is 10.2. The van der Waals surface area contributed by atoms with Crippen LogP contribution in [0, 0.1) is 25.2 Å². The highest BCUT2D eigenvalue weighted by Gasteiger charge is 2.10. The smallest absolute Gasteiger partial charge is 0.123 e. The molecule has 0 amide bonds. The second-order valence-electron chi connectivity index (χ2n) is 4.26. The zero-order chi connectivity index (χ0) is 13.3. The molecule has 0 aliphatic rings. The van der Waals surface area contributed by atoms with Gasteiger partial charge >= 0.3 is 0 Å². The molecule has 2 rings (SSSR count). The Kier molecular flexibility index (Phi) is 3.65. The third-order valence-electron chi connectivity index (χ3n) is 2.93. The fraction of sp³-hybridized carbons (Fsp3) is 0.214. The molecule has 18 heavy (non-hydrogen) atoms. The summed E-state index contributed by atoms with van der Waals surface area (Å²) in [7, 11) is 0. The van der Waals surface area contributed by atoms with Crippen LogP contribution >= 0.6 is 23.2 Å². The molecule has 92 valence electrons. The first-order valence-corrected chi connectivity index (χ1v) is 6.29. The van der Waals surface area contributed by atoms with Crippen LogP contribution in [-0.4, -0.2) is 4.57 Å². The minimum Gasteiger partial charge on any atom is -0.332 e. The van der Waals surface area contributed by atoms with Crippen molar-refractivity contribution in [1.29, 1.82) is 5.26 Å². The van der Waals surface area contributed by atoms with E-state index in [2.05, 4.69) is 6.07 Å². The number of rotatable bonds is 2. The first kappa shape index (κ1) is 13.0. The normalized spacial score (nSPS) is 10.4. The van der Waals surface area contributed by atoms with Crippen molar-refractivity contribution >= 4 is 23.2 Å². The quantitative estimate of drug-likeness (QED) is 0.804. The van der Waals surface area contributed by atoms with Crippen molar-refractivity contribution in [3.05, 3.63) is 56.8 Å². The summed E-state index contributed by atoms with van der Waals surface area (Å²) in [6.07, 6.45) is 0. The van der Waals surface area contributed by atoms with Crippen molar-refractivity contribution in [2.75, 3.05) is 0 Å². The Morgan fingerprint density at radius 2 is 1.89 bits per heavy atom. The Labute approximate surface area is 116 Å². The van der Waals surface area contributed by atoms with Crippen molar-refractivity contribution in [3.8, 4) is 6.07 Å². The van der Waals surface area contributed by atoms with Gasteiger partial charge in [-0.05, 0) is 43.2 Å². The van der Waals surface area contributed by atoms with Crippen molar-refractivity contribution < 1.29 is 0 Å². The predicted octanol–water partition coefficient (Wildman–Crippen LogP) is 4.33. The highest BCUT2D eigenvalue weighted by Crippen LogP contribution is 2.24. The van der Waals surface area contributed by atoms with Crippen LogP contribution < -0.4 is 0 Å². The van der Waals surface area contributed by atoms with Gasteiger partial charge in [0.1, 0.15) is 11.8 Å². The van der Waals surface area contributed by atoms with E-state index < -0.39 is 0 Å². The average molecular weight is 279 g/mol. The van der Waals surface area contributed by atoms with Gasteiger partial charge in [0.15, 0.2) is 0 Å². The number of aromatic nitrogens is 1. The summed E-state index contributed by atoms with van der Waals surface area (Å²) >= 11 is 11.9. The minimum atomic E-state index is 0.536. The van der Waals surface area contributed by atoms with E-state index in [1.54, 1.807) is 6.07 Å². The molecule has 1 heterocycles. The molecular formula is C14H12Cl2N2. The summed E-state index contributed by atoms with van der Waals surface area (Å²) in [6, 6.07) is 9.77. The van der Waals surface area contributed by atoms with Crippen molar-refractivity contribution in [3.63, 3.8) is 0 Å². The standard InChI is InChI=1S/C14H12Cl2N2/c1-9-5-10(2)18(14(9)7-17)8-11-3-4-12(15)13(16)6-11/h3-6H,8H2,1-2H3. The molecule has 0 atom stereocenters.